The predicted molar refractivity (Wildman–Crippen MR) is 58.7 cm³/mol. The van der Waals surface area contributed by atoms with Crippen LogP contribution in [0.2, 0.25) is 0 Å². The minimum atomic E-state index is -1.75. The van der Waals surface area contributed by atoms with Crippen LogP contribution in [-0.4, -0.2) is 28.8 Å². The molecule has 0 aliphatic rings. The SMILES string of the molecule is CC(=O)OC(C)(C(C)=O)C(=O)NC(C)(C)C. The molecule has 1 amide bonds. The molecule has 1 unspecified atom stereocenters. The predicted octanol–water partition coefficient (Wildman–Crippen LogP) is 0.812. The Bertz CT molecular complexity index is 316. The Labute approximate surface area is 95.5 Å². The van der Waals surface area contributed by atoms with Crippen LogP contribution in [0.15, 0.2) is 0 Å². The second-order valence-corrected chi connectivity index (χ2v) is 4.89. The quantitative estimate of drug-likeness (QED) is 0.574. The Hall–Kier alpha value is -1.39. The molecule has 0 saturated carbocycles. The number of hydrogen-bond donors (Lipinski definition) is 1. The summed E-state index contributed by atoms with van der Waals surface area (Å²) in [6, 6.07) is 0. The lowest BCUT2D eigenvalue weighted by Gasteiger charge is -2.29. The maximum atomic E-state index is 11.8. The largest absolute Gasteiger partial charge is 0.441 e. The van der Waals surface area contributed by atoms with Crippen molar-refractivity contribution in [1.82, 2.24) is 5.32 Å². The summed E-state index contributed by atoms with van der Waals surface area (Å²) >= 11 is 0. The molecule has 1 atom stereocenters. The monoisotopic (exact) mass is 229 g/mol. The van der Waals surface area contributed by atoms with Crippen molar-refractivity contribution in [3.8, 4) is 0 Å². The Morgan fingerprint density at radius 3 is 1.69 bits per heavy atom. The Kier molecular flexibility index (Phi) is 4.23. The average molecular weight is 229 g/mol. The van der Waals surface area contributed by atoms with Gasteiger partial charge in [0, 0.05) is 12.5 Å². The van der Waals surface area contributed by atoms with Gasteiger partial charge >= 0.3 is 5.97 Å². The van der Waals surface area contributed by atoms with Gasteiger partial charge in [0.05, 0.1) is 0 Å². The van der Waals surface area contributed by atoms with Crippen molar-refractivity contribution in [2.75, 3.05) is 0 Å². The first-order valence-corrected chi connectivity index (χ1v) is 5.02. The zero-order chi connectivity index (χ0) is 13.1. The van der Waals surface area contributed by atoms with Gasteiger partial charge in [-0.2, -0.15) is 0 Å². The molecule has 0 aliphatic carbocycles. The van der Waals surface area contributed by atoms with E-state index in [0.29, 0.717) is 0 Å². The third-order valence-corrected chi connectivity index (χ3v) is 1.94. The highest BCUT2D eigenvalue weighted by Crippen LogP contribution is 2.14. The number of ketones is 1. The molecule has 0 heterocycles. The number of ether oxygens (including phenoxy) is 1. The molecule has 0 bridgehead atoms. The minimum absolute atomic E-state index is 0.492. The molecule has 5 nitrogen and oxygen atoms in total. The summed E-state index contributed by atoms with van der Waals surface area (Å²) in [7, 11) is 0. The molecule has 0 spiro atoms. The topological polar surface area (TPSA) is 72.5 Å². The van der Waals surface area contributed by atoms with Gasteiger partial charge in [0.1, 0.15) is 0 Å². The number of carbonyl (C=O) groups excluding carboxylic acids is 3. The summed E-state index contributed by atoms with van der Waals surface area (Å²) in [4.78, 5) is 34.1. The number of Topliss-reactive ketones (excluding diaryl/α,β-unsaturated/α-hetero) is 1. The van der Waals surface area contributed by atoms with Crippen molar-refractivity contribution in [3.63, 3.8) is 0 Å². The smallest absolute Gasteiger partial charge is 0.304 e. The van der Waals surface area contributed by atoms with Crippen LogP contribution in [0, 0.1) is 0 Å². The van der Waals surface area contributed by atoms with Gasteiger partial charge in [0.2, 0.25) is 5.60 Å². The molecule has 0 rings (SSSR count). The Morgan fingerprint density at radius 2 is 1.44 bits per heavy atom. The minimum Gasteiger partial charge on any atom is -0.441 e. The molecule has 5 heteroatoms. The lowest BCUT2D eigenvalue weighted by molar-refractivity contribution is -0.170. The lowest BCUT2D eigenvalue weighted by Crippen LogP contribution is -2.56. The van der Waals surface area contributed by atoms with Gasteiger partial charge in [-0.05, 0) is 34.6 Å². The summed E-state index contributed by atoms with van der Waals surface area (Å²) < 4.78 is 4.81. The fourth-order valence-electron chi connectivity index (χ4n) is 1.03. The molecule has 16 heavy (non-hydrogen) atoms. The first-order valence-electron chi connectivity index (χ1n) is 5.02. The van der Waals surface area contributed by atoms with Crippen LogP contribution in [0.1, 0.15) is 41.5 Å². The number of rotatable bonds is 3. The maximum absolute atomic E-state index is 11.8. The van der Waals surface area contributed by atoms with E-state index >= 15 is 0 Å². The highest BCUT2D eigenvalue weighted by molar-refractivity contribution is 6.09. The summed E-state index contributed by atoms with van der Waals surface area (Å²) in [5.74, 6) is -1.78. The fourth-order valence-corrected chi connectivity index (χ4v) is 1.03. The highest BCUT2D eigenvalue weighted by atomic mass is 16.6. The summed E-state index contributed by atoms with van der Waals surface area (Å²) in [6.07, 6.45) is 0. The van der Waals surface area contributed by atoms with Gasteiger partial charge in [-0.3, -0.25) is 14.4 Å². The number of amides is 1. The first kappa shape index (κ1) is 14.6. The van der Waals surface area contributed by atoms with E-state index in [1.165, 1.54) is 13.8 Å². The number of esters is 1. The average Bonchev–Trinajstić information content (AvgIpc) is 1.98. The fraction of sp³-hybridized carbons (Fsp3) is 0.727. The van der Waals surface area contributed by atoms with Crippen LogP contribution in [0.3, 0.4) is 0 Å². The van der Waals surface area contributed by atoms with Gasteiger partial charge in [-0.25, -0.2) is 0 Å². The molecule has 1 N–H and O–H groups in total. The molecule has 0 aromatic carbocycles. The molecule has 0 aromatic heterocycles. The third kappa shape index (κ3) is 4.00. The van der Waals surface area contributed by atoms with E-state index in [0.717, 1.165) is 6.92 Å². The normalized spacial score (nSPS) is 14.9. The van der Waals surface area contributed by atoms with Crippen molar-refractivity contribution in [3.05, 3.63) is 0 Å². The number of carbonyl (C=O) groups is 3. The molecule has 0 aliphatic heterocycles. The van der Waals surface area contributed by atoms with Crippen molar-refractivity contribution < 1.29 is 19.1 Å². The van der Waals surface area contributed by atoms with Crippen molar-refractivity contribution in [2.24, 2.45) is 0 Å². The van der Waals surface area contributed by atoms with Crippen molar-refractivity contribution in [2.45, 2.75) is 52.7 Å². The summed E-state index contributed by atoms with van der Waals surface area (Å²) in [5.41, 5.74) is -2.24. The van der Waals surface area contributed by atoms with Gasteiger partial charge in [0.15, 0.2) is 5.78 Å². The van der Waals surface area contributed by atoms with E-state index in [4.69, 9.17) is 4.74 Å². The van der Waals surface area contributed by atoms with E-state index in [-0.39, 0.29) is 0 Å². The van der Waals surface area contributed by atoms with Gasteiger partial charge in [-0.1, -0.05) is 0 Å². The zero-order valence-corrected chi connectivity index (χ0v) is 10.6. The van der Waals surface area contributed by atoms with Gasteiger partial charge < -0.3 is 10.1 Å². The van der Waals surface area contributed by atoms with Crippen LogP contribution in [-0.2, 0) is 19.1 Å². The first-order chi connectivity index (χ1) is 6.99. The molecule has 0 radical (unpaired) electrons. The molecular weight excluding hydrogens is 210 g/mol. The van der Waals surface area contributed by atoms with Crippen LogP contribution in [0.4, 0.5) is 0 Å². The van der Waals surface area contributed by atoms with Gasteiger partial charge in [-0.15, -0.1) is 0 Å². The van der Waals surface area contributed by atoms with E-state index in [1.54, 1.807) is 20.8 Å². The van der Waals surface area contributed by atoms with E-state index in [9.17, 15) is 14.4 Å². The number of hydrogen-bond acceptors (Lipinski definition) is 4. The molecule has 0 fully saturated rings. The standard InChI is InChI=1S/C11H19NO4/c1-7(13)11(6,16-8(2)14)9(15)12-10(3,4)5/h1-6H3,(H,12,15). The lowest BCUT2D eigenvalue weighted by atomic mass is 9.98. The zero-order valence-electron chi connectivity index (χ0n) is 10.6. The third-order valence-electron chi connectivity index (χ3n) is 1.94. The van der Waals surface area contributed by atoms with Crippen LogP contribution in [0.25, 0.3) is 0 Å². The Balaban J connectivity index is 4.99. The van der Waals surface area contributed by atoms with Crippen LogP contribution >= 0.6 is 0 Å². The summed E-state index contributed by atoms with van der Waals surface area (Å²) in [5, 5.41) is 2.61. The van der Waals surface area contributed by atoms with E-state index < -0.39 is 28.8 Å². The molecule has 0 saturated heterocycles. The second-order valence-electron chi connectivity index (χ2n) is 4.89. The van der Waals surface area contributed by atoms with E-state index in [1.807, 2.05) is 0 Å². The van der Waals surface area contributed by atoms with Crippen molar-refractivity contribution in [1.29, 1.82) is 0 Å². The van der Waals surface area contributed by atoms with Crippen molar-refractivity contribution >= 4 is 17.7 Å². The molecule has 92 valence electrons. The van der Waals surface area contributed by atoms with E-state index in [2.05, 4.69) is 5.32 Å². The summed E-state index contributed by atoms with van der Waals surface area (Å²) in [6.45, 7) is 8.99. The van der Waals surface area contributed by atoms with Crippen LogP contribution < -0.4 is 5.32 Å². The maximum Gasteiger partial charge on any atom is 0.304 e. The Morgan fingerprint density at radius 1 is 1.00 bits per heavy atom. The molecular formula is C11H19NO4. The van der Waals surface area contributed by atoms with Gasteiger partial charge in [0.25, 0.3) is 5.91 Å². The second kappa shape index (κ2) is 4.63. The highest BCUT2D eigenvalue weighted by Gasteiger charge is 2.43. The molecule has 0 aromatic rings. The number of nitrogens with one attached hydrogen (secondary N) is 1. The van der Waals surface area contributed by atoms with Crippen LogP contribution in [0.5, 0.6) is 0 Å².